The van der Waals surface area contributed by atoms with Gasteiger partial charge in [0.25, 0.3) is 0 Å². The van der Waals surface area contributed by atoms with Crippen LogP contribution >= 0.6 is 0 Å². The summed E-state index contributed by atoms with van der Waals surface area (Å²) in [6.07, 6.45) is 1.57. The predicted octanol–water partition coefficient (Wildman–Crippen LogP) is 2.75. The van der Waals surface area contributed by atoms with E-state index in [1.165, 1.54) is 0 Å². The zero-order valence-electron chi connectivity index (χ0n) is 11.0. The fourth-order valence-electron chi connectivity index (χ4n) is 2.11. The van der Waals surface area contributed by atoms with E-state index in [1.54, 1.807) is 24.4 Å². The lowest BCUT2D eigenvalue weighted by atomic mass is 10.0. The lowest BCUT2D eigenvalue weighted by Gasteiger charge is -2.05. The summed E-state index contributed by atoms with van der Waals surface area (Å²) in [5.74, 6) is -0.175. The molecule has 0 unspecified atom stereocenters. The fourth-order valence-corrected chi connectivity index (χ4v) is 2.11. The average Bonchev–Trinajstić information content (AvgIpc) is 2.46. The average molecular weight is 263 g/mol. The van der Waals surface area contributed by atoms with E-state index in [1.807, 2.05) is 31.2 Å². The number of fused-ring (bicyclic) bond motifs is 1. The SMILES string of the molecule is Cc1ccc2cc(C(=O)c3ncccc3N)ccc2n1. The molecule has 98 valence electrons. The zero-order chi connectivity index (χ0) is 14.1. The van der Waals surface area contributed by atoms with Gasteiger partial charge in [0.15, 0.2) is 0 Å². The van der Waals surface area contributed by atoms with Crippen molar-refractivity contribution in [3.05, 3.63) is 65.6 Å². The van der Waals surface area contributed by atoms with E-state index in [2.05, 4.69) is 9.97 Å². The van der Waals surface area contributed by atoms with Gasteiger partial charge in [0.2, 0.25) is 5.78 Å². The van der Waals surface area contributed by atoms with Crippen molar-refractivity contribution >= 4 is 22.4 Å². The summed E-state index contributed by atoms with van der Waals surface area (Å²) < 4.78 is 0. The Hall–Kier alpha value is -2.75. The molecule has 0 saturated carbocycles. The molecule has 0 radical (unpaired) electrons. The van der Waals surface area contributed by atoms with Gasteiger partial charge in [0.05, 0.1) is 11.2 Å². The van der Waals surface area contributed by atoms with Gasteiger partial charge in [0, 0.05) is 22.8 Å². The molecule has 2 aromatic heterocycles. The first kappa shape index (κ1) is 12.3. The third-order valence-electron chi connectivity index (χ3n) is 3.14. The van der Waals surface area contributed by atoms with Crippen LogP contribution in [0.15, 0.2) is 48.7 Å². The van der Waals surface area contributed by atoms with Gasteiger partial charge in [-0.15, -0.1) is 0 Å². The number of nitrogen functional groups attached to an aromatic ring is 1. The van der Waals surface area contributed by atoms with Gasteiger partial charge < -0.3 is 5.73 Å². The van der Waals surface area contributed by atoms with Crippen LogP contribution in [0.3, 0.4) is 0 Å². The van der Waals surface area contributed by atoms with Crippen LogP contribution in [0.1, 0.15) is 21.7 Å². The Morgan fingerprint density at radius 1 is 1.15 bits per heavy atom. The molecule has 0 aliphatic rings. The first-order valence-electron chi connectivity index (χ1n) is 6.28. The normalized spacial score (nSPS) is 10.7. The minimum atomic E-state index is -0.175. The first-order valence-corrected chi connectivity index (χ1v) is 6.28. The zero-order valence-corrected chi connectivity index (χ0v) is 11.0. The Bertz CT molecular complexity index is 812. The summed E-state index contributed by atoms with van der Waals surface area (Å²) in [5.41, 5.74) is 8.85. The maximum Gasteiger partial charge on any atom is 0.213 e. The molecule has 0 amide bonds. The molecule has 20 heavy (non-hydrogen) atoms. The number of rotatable bonds is 2. The van der Waals surface area contributed by atoms with Crippen LogP contribution in [-0.4, -0.2) is 15.8 Å². The molecule has 0 spiro atoms. The van der Waals surface area contributed by atoms with Crippen molar-refractivity contribution in [3.63, 3.8) is 0 Å². The number of aryl methyl sites for hydroxylation is 1. The Balaban J connectivity index is 2.09. The van der Waals surface area contributed by atoms with Crippen molar-refractivity contribution in [2.45, 2.75) is 6.92 Å². The topological polar surface area (TPSA) is 68.9 Å². The Morgan fingerprint density at radius 2 is 2.00 bits per heavy atom. The summed E-state index contributed by atoms with van der Waals surface area (Å²) in [7, 11) is 0. The quantitative estimate of drug-likeness (QED) is 0.722. The molecule has 0 aliphatic heterocycles. The van der Waals surface area contributed by atoms with E-state index in [0.717, 1.165) is 16.6 Å². The number of carbonyl (C=O) groups excluding carboxylic acids is 1. The third-order valence-corrected chi connectivity index (χ3v) is 3.14. The molecule has 0 fully saturated rings. The van der Waals surface area contributed by atoms with Crippen LogP contribution in [0.2, 0.25) is 0 Å². The van der Waals surface area contributed by atoms with Crippen LogP contribution < -0.4 is 5.73 Å². The lowest BCUT2D eigenvalue weighted by molar-refractivity contribution is 0.103. The van der Waals surface area contributed by atoms with Crippen molar-refractivity contribution in [2.24, 2.45) is 0 Å². The third kappa shape index (κ3) is 2.12. The Labute approximate surface area is 116 Å². The minimum absolute atomic E-state index is 0.175. The number of nitrogens with two attached hydrogens (primary N) is 1. The smallest absolute Gasteiger partial charge is 0.213 e. The number of anilines is 1. The van der Waals surface area contributed by atoms with E-state index in [0.29, 0.717) is 11.3 Å². The van der Waals surface area contributed by atoms with E-state index < -0.39 is 0 Å². The van der Waals surface area contributed by atoms with Crippen molar-refractivity contribution in [1.82, 2.24) is 9.97 Å². The molecule has 4 heteroatoms. The summed E-state index contributed by atoms with van der Waals surface area (Å²) in [4.78, 5) is 20.9. The molecule has 0 saturated heterocycles. The molecule has 0 aliphatic carbocycles. The second-order valence-electron chi connectivity index (χ2n) is 4.63. The van der Waals surface area contributed by atoms with Crippen LogP contribution in [0, 0.1) is 6.92 Å². The van der Waals surface area contributed by atoms with Crippen molar-refractivity contribution in [3.8, 4) is 0 Å². The minimum Gasteiger partial charge on any atom is -0.397 e. The van der Waals surface area contributed by atoms with E-state index in [9.17, 15) is 4.79 Å². The summed E-state index contributed by atoms with van der Waals surface area (Å²) in [6.45, 7) is 1.94. The van der Waals surface area contributed by atoms with Crippen molar-refractivity contribution in [2.75, 3.05) is 5.73 Å². The maximum atomic E-state index is 12.4. The number of hydrogen-bond acceptors (Lipinski definition) is 4. The van der Waals surface area contributed by atoms with Crippen LogP contribution in [0.4, 0.5) is 5.69 Å². The molecule has 2 N–H and O–H groups in total. The van der Waals surface area contributed by atoms with Gasteiger partial charge in [-0.3, -0.25) is 14.8 Å². The fraction of sp³-hybridized carbons (Fsp3) is 0.0625. The van der Waals surface area contributed by atoms with Gasteiger partial charge in [-0.2, -0.15) is 0 Å². The monoisotopic (exact) mass is 263 g/mol. The summed E-state index contributed by atoms with van der Waals surface area (Å²) >= 11 is 0. The molecule has 1 aromatic carbocycles. The molecule has 0 bridgehead atoms. The molecule has 3 rings (SSSR count). The number of aromatic nitrogens is 2. The van der Waals surface area contributed by atoms with Gasteiger partial charge in [-0.1, -0.05) is 6.07 Å². The number of ketones is 1. The highest BCUT2D eigenvalue weighted by atomic mass is 16.1. The molecular formula is C16H13N3O. The highest BCUT2D eigenvalue weighted by Gasteiger charge is 2.14. The molecule has 3 aromatic rings. The first-order chi connectivity index (χ1) is 9.65. The Morgan fingerprint density at radius 3 is 2.80 bits per heavy atom. The van der Waals surface area contributed by atoms with E-state index >= 15 is 0 Å². The van der Waals surface area contributed by atoms with E-state index in [-0.39, 0.29) is 11.5 Å². The summed E-state index contributed by atoms with van der Waals surface area (Å²) in [6, 6.07) is 12.7. The largest absolute Gasteiger partial charge is 0.397 e. The highest BCUT2D eigenvalue weighted by molar-refractivity contribution is 6.11. The second kappa shape index (κ2) is 4.74. The van der Waals surface area contributed by atoms with Crippen molar-refractivity contribution < 1.29 is 4.79 Å². The van der Waals surface area contributed by atoms with Crippen LogP contribution in [0.25, 0.3) is 10.9 Å². The number of benzene rings is 1. The molecular weight excluding hydrogens is 250 g/mol. The molecule has 0 atom stereocenters. The van der Waals surface area contributed by atoms with Gasteiger partial charge in [-0.25, -0.2) is 0 Å². The Kier molecular flexibility index (Phi) is 2.91. The molecule has 2 heterocycles. The maximum absolute atomic E-state index is 12.4. The van der Waals surface area contributed by atoms with E-state index in [4.69, 9.17) is 5.73 Å². The number of carbonyl (C=O) groups is 1. The van der Waals surface area contributed by atoms with Gasteiger partial charge >= 0.3 is 0 Å². The van der Waals surface area contributed by atoms with Gasteiger partial charge in [-0.05, 0) is 43.3 Å². The van der Waals surface area contributed by atoms with Crippen LogP contribution in [-0.2, 0) is 0 Å². The lowest BCUT2D eigenvalue weighted by Crippen LogP contribution is -2.07. The molecule has 4 nitrogen and oxygen atoms in total. The standard InChI is InChI=1S/C16H13N3O/c1-10-4-5-11-9-12(6-7-14(11)19-10)16(20)15-13(17)3-2-8-18-15/h2-9H,17H2,1H3. The summed E-state index contributed by atoms with van der Waals surface area (Å²) in [5, 5.41) is 0.927. The second-order valence-corrected chi connectivity index (χ2v) is 4.63. The highest BCUT2D eigenvalue weighted by Crippen LogP contribution is 2.19. The number of nitrogens with zero attached hydrogens (tertiary/aromatic N) is 2. The number of hydrogen-bond donors (Lipinski definition) is 1. The van der Waals surface area contributed by atoms with Crippen molar-refractivity contribution in [1.29, 1.82) is 0 Å². The van der Waals surface area contributed by atoms with Gasteiger partial charge in [0.1, 0.15) is 5.69 Å². The van der Waals surface area contributed by atoms with Crippen LogP contribution in [0.5, 0.6) is 0 Å². The number of pyridine rings is 2. The predicted molar refractivity (Wildman–Crippen MR) is 78.6 cm³/mol.